The zero-order valence-corrected chi connectivity index (χ0v) is 8.77. The molecular weight excluding hydrogens is 174 g/mol. The average Bonchev–Trinajstić information content (AvgIpc) is 2.67. The van der Waals surface area contributed by atoms with Crippen molar-refractivity contribution in [2.75, 3.05) is 20.6 Å². The summed E-state index contributed by atoms with van der Waals surface area (Å²) in [6.45, 7) is 1.09. The van der Waals surface area contributed by atoms with E-state index in [1.165, 1.54) is 6.42 Å². The third-order valence-corrected chi connectivity index (χ3v) is 2.86. The molecular formula is C11H17N3. The first kappa shape index (κ1) is 9.62. The molecule has 2 atom stereocenters. The van der Waals surface area contributed by atoms with Crippen LogP contribution in [0.15, 0.2) is 24.4 Å². The largest absolute Gasteiger partial charge is 0.307 e. The fourth-order valence-electron chi connectivity index (χ4n) is 2.11. The highest BCUT2D eigenvalue weighted by Crippen LogP contribution is 2.24. The summed E-state index contributed by atoms with van der Waals surface area (Å²) in [5.74, 6) is 0. The molecule has 14 heavy (non-hydrogen) atoms. The van der Waals surface area contributed by atoms with Crippen LogP contribution in [0.25, 0.3) is 0 Å². The first-order chi connectivity index (χ1) is 6.79. The van der Waals surface area contributed by atoms with Crippen molar-refractivity contribution in [3.05, 3.63) is 30.1 Å². The second-order valence-electron chi connectivity index (χ2n) is 4.01. The molecule has 1 aliphatic rings. The SMILES string of the molecule is CN(C)C1CCNC1c1ccccn1. The van der Waals surface area contributed by atoms with Crippen LogP contribution in [-0.4, -0.2) is 36.6 Å². The zero-order chi connectivity index (χ0) is 9.97. The van der Waals surface area contributed by atoms with Crippen LogP contribution < -0.4 is 5.32 Å². The van der Waals surface area contributed by atoms with Gasteiger partial charge in [-0.1, -0.05) is 6.07 Å². The summed E-state index contributed by atoms with van der Waals surface area (Å²) in [5.41, 5.74) is 1.16. The Bertz CT molecular complexity index is 284. The minimum Gasteiger partial charge on any atom is -0.307 e. The second kappa shape index (κ2) is 4.07. The minimum atomic E-state index is 0.395. The lowest BCUT2D eigenvalue weighted by Crippen LogP contribution is -2.33. The van der Waals surface area contributed by atoms with Crippen molar-refractivity contribution in [3.63, 3.8) is 0 Å². The van der Waals surface area contributed by atoms with Gasteiger partial charge in [0.05, 0.1) is 11.7 Å². The molecule has 0 spiro atoms. The van der Waals surface area contributed by atoms with Crippen molar-refractivity contribution >= 4 is 0 Å². The zero-order valence-electron chi connectivity index (χ0n) is 8.77. The van der Waals surface area contributed by atoms with E-state index in [1.54, 1.807) is 0 Å². The molecule has 3 heteroatoms. The number of hydrogen-bond acceptors (Lipinski definition) is 3. The lowest BCUT2D eigenvalue weighted by atomic mass is 10.1. The van der Waals surface area contributed by atoms with Gasteiger partial charge in [-0.25, -0.2) is 0 Å². The molecule has 1 fully saturated rings. The summed E-state index contributed by atoms with van der Waals surface area (Å²) in [7, 11) is 4.27. The first-order valence-corrected chi connectivity index (χ1v) is 5.10. The van der Waals surface area contributed by atoms with Gasteiger partial charge in [0.25, 0.3) is 0 Å². The molecule has 0 amide bonds. The molecule has 1 aromatic heterocycles. The summed E-state index contributed by atoms with van der Waals surface area (Å²) in [6.07, 6.45) is 3.07. The number of aromatic nitrogens is 1. The van der Waals surface area contributed by atoms with E-state index in [9.17, 15) is 0 Å². The number of hydrogen-bond donors (Lipinski definition) is 1. The van der Waals surface area contributed by atoms with Crippen LogP contribution in [0, 0.1) is 0 Å². The maximum absolute atomic E-state index is 4.40. The monoisotopic (exact) mass is 191 g/mol. The second-order valence-corrected chi connectivity index (χ2v) is 4.01. The molecule has 0 aliphatic carbocycles. The summed E-state index contributed by atoms with van der Waals surface area (Å²) >= 11 is 0. The fourth-order valence-corrected chi connectivity index (χ4v) is 2.11. The van der Waals surface area contributed by atoms with Gasteiger partial charge in [-0.3, -0.25) is 4.98 Å². The van der Waals surface area contributed by atoms with Crippen molar-refractivity contribution in [1.29, 1.82) is 0 Å². The van der Waals surface area contributed by atoms with E-state index in [0.29, 0.717) is 12.1 Å². The number of pyridine rings is 1. The predicted molar refractivity (Wildman–Crippen MR) is 57.1 cm³/mol. The molecule has 1 aliphatic heterocycles. The van der Waals surface area contributed by atoms with E-state index in [2.05, 4.69) is 41.4 Å². The Labute approximate surface area is 85.1 Å². The van der Waals surface area contributed by atoms with Gasteiger partial charge in [-0.15, -0.1) is 0 Å². The van der Waals surface area contributed by atoms with Crippen molar-refractivity contribution in [1.82, 2.24) is 15.2 Å². The average molecular weight is 191 g/mol. The van der Waals surface area contributed by atoms with E-state index in [4.69, 9.17) is 0 Å². The highest BCUT2D eigenvalue weighted by molar-refractivity contribution is 5.13. The van der Waals surface area contributed by atoms with Gasteiger partial charge in [0.15, 0.2) is 0 Å². The van der Waals surface area contributed by atoms with Crippen LogP contribution >= 0.6 is 0 Å². The maximum Gasteiger partial charge on any atom is 0.0653 e. The third kappa shape index (κ3) is 1.79. The van der Waals surface area contributed by atoms with Crippen molar-refractivity contribution in [3.8, 4) is 0 Å². The van der Waals surface area contributed by atoms with Gasteiger partial charge in [0.2, 0.25) is 0 Å². The van der Waals surface area contributed by atoms with E-state index in [0.717, 1.165) is 12.2 Å². The smallest absolute Gasteiger partial charge is 0.0653 e. The van der Waals surface area contributed by atoms with E-state index in [1.807, 2.05) is 12.3 Å². The molecule has 1 N–H and O–H groups in total. The molecule has 76 valence electrons. The third-order valence-electron chi connectivity index (χ3n) is 2.86. The summed E-state index contributed by atoms with van der Waals surface area (Å²) in [6, 6.07) is 7.08. The molecule has 3 nitrogen and oxygen atoms in total. The number of nitrogens with one attached hydrogen (secondary N) is 1. The molecule has 0 saturated carbocycles. The predicted octanol–water partition coefficient (Wildman–Crippen LogP) is 1.05. The quantitative estimate of drug-likeness (QED) is 0.757. The molecule has 2 unspecified atom stereocenters. The van der Waals surface area contributed by atoms with Crippen molar-refractivity contribution < 1.29 is 0 Å². The first-order valence-electron chi connectivity index (χ1n) is 5.10. The van der Waals surface area contributed by atoms with E-state index >= 15 is 0 Å². The highest BCUT2D eigenvalue weighted by atomic mass is 15.2. The van der Waals surface area contributed by atoms with Crippen LogP contribution in [0.1, 0.15) is 18.2 Å². The van der Waals surface area contributed by atoms with Crippen molar-refractivity contribution in [2.24, 2.45) is 0 Å². The highest BCUT2D eigenvalue weighted by Gasteiger charge is 2.30. The normalized spacial score (nSPS) is 27.1. The van der Waals surface area contributed by atoms with E-state index in [-0.39, 0.29) is 0 Å². The standard InChI is InChI=1S/C11H17N3/c1-14(2)10-6-8-13-11(10)9-5-3-4-7-12-9/h3-5,7,10-11,13H,6,8H2,1-2H3. The molecule has 0 radical (unpaired) electrons. The van der Waals surface area contributed by atoms with Gasteiger partial charge >= 0.3 is 0 Å². The van der Waals surface area contributed by atoms with Gasteiger partial charge in [0, 0.05) is 12.2 Å². The van der Waals surface area contributed by atoms with Gasteiger partial charge in [-0.2, -0.15) is 0 Å². The maximum atomic E-state index is 4.40. The summed E-state index contributed by atoms with van der Waals surface area (Å²) in [5, 5.41) is 3.50. The lowest BCUT2D eigenvalue weighted by molar-refractivity contribution is 0.268. The minimum absolute atomic E-state index is 0.395. The molecule has 1 saturated heterocycles. The van der Waals surface area contributed by atoms with Crippen LogP contribution in [0.3, 0.4) is 0 Å². The molecule has 2 heterocycles. The lowest BCUT2D eigenvalue weighted by Gasteiger charge is -2.25. The Kier molecular flexibility index (Phi) is 2.79. The van der Waals surface area contributed by atoms with Gasteiger partial charge < -0.3 is 10.2 Å². The van der Waals surface area contributed by atoms with E-state index < -0.39 is 0 Å². The Morgan fingerprint density at radius 3 is 2.93 bits per heavy atom. The summed E-state index contributed by atoms with van der Waals surface area (Å²) in [4.78, 5) is 6.68. The Morgan fingerprint density at radius 2 is 2.29 bits per heavy atom. The molecule has 0 aromatic carbocycles. The van der Waals surface area contributed by atoms with Crippen LogP contribution in [0.5, 0.6) is 0 Å². The van der Waals surface area contributed by atoms with Crippen LogP contribution in [0.4, 0.5) is 0 Å². The number of nitrogens with zero attached hydrogens (tertiary/aromatic N) is 2. The van der Waals surface area contributed by atoms with Crippen LogP contribution in [0.2, 0.25) is 0 Å². The molecule has 0 bridgehead atoms. The Hall–Kier alpha value is -0.930. The topological polar surface area (TPSA) is 28.2 Å². The molecule has 1 aromatic rings. The number of rotatable bonds is 2. The van der Waals surface area contributed by atoms with Gasteiger partial charge in [-0.05, 0) is 39.2 Å². The van der Waals surface area contributed by atoms with Crippen molar-refractivity contribution in [2.45, 2.75) is 18.5 Å². The van der Waals surface area contributed by atoms with Crippen LogP contribution in [-0.2, 0) is 0 Å². The Morgan fingerprint density at radius 1 is 1.43 bits per heavy atom. The van der Waals surface area contributed by atoms with Gasteiger partial charge in [0.1, 0.15) is 0 Å². The Balaban J connectivity index is 2.18. The number of likely N-dealkylation sites (N-methyl/N-ethyl adjacent to an activating group) is 1. The summed E-state index contributed by atoms with van der Waals surface area (Å²) < 4.78 is 0. The molecule has 2 rings (SSSR count). The fraction of sp³-hybridized carbons (Fsp3) is 0.545.